The van der Waals surface area contributed by atoms with Gasteiger partial charge in [0.1, 0.15) is 5.69 Å². The second kappa shape index (κ2) is 19.4. The van der Waals surface area contributed by atoms with Crippen molar-refractivity contribution in [2.24, 2.45) is 0 Å². The van der Waals surface area contributed by atoms with Crippen LogP contribution in [0.4, 0.5) is 0 Å². The van der Waals surface area contributed by atoms with E-state index in [9.17, 15) is 49.5 Å². The van der Waals surface area contributed by atoms with Crippen molar-refractivity contribution in [1.82, 2.24) is 43.7 Å². The summed E-state index contributed by atoms with van der Waals surface area (Å²) in [6, 6.07) is 7.54. The second-order valence-corrected chi connectivity index (χ2v) is 15.2. The van der Waals surface area contributed by atoms with Gasteiger partial charge in [-0.1, -0.05) is 29.5 Å². The second-order valence-electron chi connectivity index (χ2n) is 13.7. The van der Waals surface area contributed by atoms with E-state index in [2.05, 4.69) is 10.3 Å². The summed E-state index contributed by atoms with van der Waals surface area (Å²) in [4.78, 5) is 68.2. The first-order valence-electron chi connectivity index (χ1n) is 18.0. The van der Waals surface area contributed by atoms with Crippen LogP contribution in [0.2, 0.25) is 0 Å². The number of aromatic nitrogens is 5. The number of thioether (sulfide) groups is 1. The van der Waals surface area contributed by atoms with Gasteiger partial charge in [-0.3, -0.25) is 52.6 Å². The third kappa shape index (κ3) is 11.8. The lowest BCUT2D eigenvalue weighted by atomic mass is 10.1. The molecule has 0 aliphatic carbocycles. The Labute approximate surface area is 321 Å². The van der Waals surface area contributed by atoms with Crippen molar-refractivity contribution in [3.05, 3.63) is 75.2 Å². The number of aliphatic carboxylic acids is 3. The zero-order chi connectivity index (χ0) is 39.6. The van der Waals surface area contributed by atoms with Crippen molar-refractivity contribution in [2.75, 3.05) is 78.6 Å². The van der Waals surface area contributed by atoms with Gasteiger partial charge in [-0.2, -0.15) is 0 Å². The molecule has 0 spiro atoms. The molecule has 3 aromatic rings. The van der Waals surface area contributed by atoms with Crippen LogP contribution >= 0.6 is 11.8 Å². The minimum atomic E-state index is -1.01. The van der Waals surface area contributed by atoms with E-state index >= 15 is 0 Å². The molecule has 19 nitrogen and oxygen atoms in total. The number of hydrogen-bond donors (Lipinski definition) is 5. The minimum absolute atomic E-state index is 0.0453. The standard InChI is InChI=1S/C35H48N9O10S/c1-24-17-44(30-16-28(46)29(23-45)55-30)35(54)43(34(24)53)15-14-42-19-27(36-37-42)26-4-2-25(3-5-26)18-38-6-8-39(20-31(47)48)10-12-41(22-33(51)52)13-11-40(9-7-38)21-32(49)50/h2-5,17-19,28-30,45-46H,6-16,20-23H2,1H3,(H,47,48)(H,49,50)(H,51,52)/t28?,29-,30?/m1/s1. The molecule has 0 saturated carbocycles. The number of hydrogen-bond acceptors (Lipinski definition) is 14. The van der Waals surface area contributed by atoms with Crippen LogP contribution in [0.25, 0.3) is 11.3 Å². The van der Waals surface area contributed by atoms with Crippen molar-refractivity contribution in [2.45, 2.75) is 43.2 Å². The molecule has 2 unspecified atom stereocenters. The van der Waals surface area contributed by atoms with Crippen LogP contribution in [-0.4, -0.2) is 177 Å². The average Bonchev–Trinajstić information content (AvgIpc) is 3.76. The van der Waals surface area contributed by atoms with Gasteiger partial charge in [-0.05, 0) is 12.5 Å². The Morgan fingerprint density at radius 2 is 1.36 bits per heavy atom. The zero-order valence-electron chi connectivity index (χ0n) is 30.6. The molecule has 4 heterocycles. The van der Waals surface area contributed by atoms with E-state index in [0.29, 0.717) is 63.6 Å². The molecule has 20 heteroatoms. The summed E-state index contributed by atoms with van der Waals surface area (Å²) < 4.78 is 4.14. The number of rotatable bonds is 14. The smallest absolute Gasteiger partial charge is 0.332 e. The van der Waals surface area contributed by atoms with E-state index in [1.807, 2.05) is 35.7 Å². The van der Waals surface area contributed by atoms with E-state index in [0.717, 1.165) is 15.7 Å². The van der Waals surface area contributed by atoms with Crippen LogP contribution in [0.3, 0.4) is 0 Å². The predicted molar refractivity (Wildman–Crippen MR) is 200 cm³/mol. The lowest BCUT2D eigenvalue weighted by Crippen LogP contribution is -2.48. The SMILES string of the molecule is Cc1cn(C2CC(O)[C@@H](CO)S2)c(=O)n(CCn2cc(-c3ccc([CH]N4CCN(CC(=O)O)CCN(CC(=O)O)CCN(CC(=O)O)CC4)cc3)nn2)c1=O. The Kier molecular flexibility index (Phi) is 14.7. The topological polar surface area (TPSA) is 240 Å². The Morgan fingerprint density at radius 3 is 1.87 bits per heavy atom. The van der Waals surface area contributed by atoms with E-state index in [1.165, 1.54) is 22.5 Å². The Balaban J connectivity index is 1.24. The largest absolute Gasteiger partial charge is 0.480 e. The zero-order valence-corrected chi connectivity index (χ0v) is 31.4. The van der Waals surface area contributed by atoms with Gasteiger partial charge in [0.2, 0.25) is 0 Å². The summed E-state index contributed by atoms with van der Waals surface area (Å²) in [6.07, 6.45) is 2.74. The first kappa shape index (κ1) is 41.7. The third-order valence-electron chi connectivity index (χ3n) is 9.64. The maximum atomic E-state index is 13.4. The molecule has 2 aromatic heterocycles. The molecule has 3 atom stereocenters. The summed E-state index contributed by atoms with van der Waals surface area (Å²) in [6.45, 7) is 5.92. The number of aliphatic hydroxyl groups is 2. The number of benzene rings is 1. The number of aryl methyl sites for hydroxylation is 2. The number of carbonyl (C=O) groups is 3. The number of nitrogens with zero attached hydrogens (tertiary/aromatic N) is 9. The van der Waals surface area contributed by atoms with Crippen molar-refractivity contribution >= 4 is 29.7 Å². The maximum Gasteiger partial charge on any atom is 0.332 e. The highest BCUT2D eigenvalue weighted by Gasteiger charge is 2.35. The van der Waals surface area contributed by atoms with Crippen LogP contribution in [0.5, 0.6) is 0 Å². The fourth-order valence-corrected chi connectivity index (χ4v) is 8.01. The number of aliphatic hydroxyl groups excluding tert-OH is 2. The van der Waals surface area contributed by atoms with E-state index in [-0.39, 0.29) is 45.8 Å². The lowest BCUT2D eigenvalue weighted by Gasteiger charge is -2.33. The summed E-state index contributed by atoms with van der Waals surface area (Å²) >= 11 is 1.30. The number of carboxylic acids is 3. The van der Waals surface area contributed by atoms with Crippen molar-refractivity contribution < 1.29 is 39.9 Å². The van der Waals surface area contributed by atoms with Crippen LogP contribution in [0.15, 0.2) is 46.2 Å². The van der Waals surface area contributed by atoms with Crippen molar-refractivity contribution in [3.63, 3.8) is 0 Å². The number of carboxylic acid groups (broad SMARTS) is 3. The van der Waals surface area contributed by atoms with Crippen molar-refractivity contribution in [3.8, 4) is 11.3 Å². The summed E-state index contributed by atoms with van der Waals surface area (Å²) in [5.74, 6) is -2.99. The highest BCUT2D eigenvalue weighted by atomic mass is 32.2. The van der Waals surface area contributed by atoms with Crippen LogP contribution in [0, 0.1) is 13.5 Å². The molecule has 1 radical (unpaired) electrons. The van der Waals surface area contributed by atoms with Gasteiger partial charge in [0, 0.05) is 76.1 Å². The first-order chi connectivity index (χ1) is 26.3. The molecule has 0 bridgehead atoms. The average molecular weight is 787 g/mol. The van der Waals surface area contributed by atoms with Gasteiger partial charge in [0.05, 0.1) is 68.8 Å². The Morgan fingerprint density at radius 1 is 0.818 bits per heavy atom. The van der Waals surface area contributed by atoms with E-state index in [1.54, 1.807) is 32.5 Å². The predicted octanol–water partition coefficient (Wildman–Crippen LogP) is -1.38. The molecule has 299 valence electrons. The summed E-state index contributed by atoms with van der Waals surface area (Å²) in [7, 11) is 0. The lowest BCUT2D eigenvalue weighted by molar-refractivity contribution is -0.140. The molecule has 5 N–H and O–H groups in total. The van der Waals surface area contributed by atoms with Gasteiger partial charge >= 0.3 is 23.6 Å². The fourth-order valence-electron chi connectivity index (χ4n) is 6.64. The van der Waals surface area contributed by atoms with Crippen molar-refractivity contribution in [1.29, 1.82) is 0 Å². The monoisotopic (exact) mass is 786 g/mol. The maximum absolute atomic E-state index is 13.4. The van der Waals surface area contributed by atoms with Crippen LogP contribution in [0.1, 0.15) is 22.9 Å². The highest BCUT2D eigenvalue weighted by Crippen LogP contribution is 2.40. The summed E-state index contributed by atoms with van der Waals surface area (Å²) in [5.41, 5.74) is 1.65. The molecule has 2 fully saturated rings. The first-order valence-corrected chi connectivity index (χ1v) is 18.9. The Hall–Kier alpha value is -4.44. The quantitative estimate of drug-likeness (QED) is 0.127. The van der Waals surface area contributed by atoms with Gasteiger partial charge in [0.25, 0.3) is 5.56 Å². The molecular weight excluding hydrogens is 739 g/mol. The molecular formula is C35H48N9O10S. The molecule has 55 heavy (non-hydrogen) atoms. The van der Waals surface area contributed by atoms with Crippen LogP contribution < -0.4 is 11.2 Å². The van der Waals surface area contributed by atoms with Gasteiger partial charge < -0.3 is 25.5 Å². The fraction of sp³-hybridized carbons (Fsp3) is 0.543. The molecule has 2 aliphatic heterocycles. The Bertz CT molecular complexity index is 1870. The normalized spacial score (nSPS) is 21.3. The highest BCUT2D eigenvalue weighted by molar-refractivity contribution is 8.00. The molecule has 2 saturated heterocycles. The van der Waals surface area contributed by atoms with Gasteiger partial charge in [-0.15, -0.1) is 16.9 Å². The molecule has 2 aliphatic rings. The molecule has 1 aromatic carbocycles. The van der Waals surface area contributed by atoms with E-state index in [4.69, 9.17) is 0 Å². The van der Waals surface area contributed by atoms with Gasteiger partial charge in [0.15, 0.2) is 0 Å². The van der Waals surface area contributed by atoms with E-state index < -0.39 is 45.9 Å². The third-order valence-corrected chi connectivity index (χ3v) is 11.2. The molecule has 0 amide bonds. The van der Waals surface area contributed by atoms with Gasteiger partial charge in [-0.25, -0.2) is 4.79 Å². The molecule has 5 rings (SSSR count). The summed E-state index contributed by atoms with van der Waals surface area (Å²) in [5, 5.41) is 55.8. The van der Waals surface area contributed by atoms with Crippen LogP contribution in [-0.2, 0) is 27.5 Å². The minimum Gasteiger partial charge on any atom is -0.480 e.